The van der Waals surface area contributed by atoms with Gasteiger partial charge in [-0.1, -0.05) is 12.2 Å². The van der Waals surface area contributed by atoms with E-state index in [1.807, 2.05) is 6.07 Å². The number of anilines is 3. The lowest BCUT2D eigenvalue weighted by atomic mass is 9.99. The number of aryl methyl sites for hydroxylation is 1. The van der Waals surface area contributed by atoms with Gasteiger partial charge in [-0.2, -0.15) is 0 Å². The first-order chi connectivity index (χ1) is 9.22. The van der Waals surface area contributed by atoms with Crippen molar-refractivity contribution in [3.05, 3.63) is 29.8 Å². The van der Waals surface area contributed by atoms with Gasteiger partial charge < -0.3 is 16.4 Å². The van der Waals surface area contributed by atoms with Crippen molar-refractivity contribution in [3.63, 3.8) is 0 Å². The lowest BCUT2D eigenvalue weighted by Gasteiger charge is -2.24. The minimum Gasteiger partial charge on any atom is -0.397 e. The summed E-state index contributed by atoms with van der Waals surface area (Å²) in [7, 11) is 0. The second-order valence-electron chi connectivity index (χ2n) is 5.27. The Kier molecular flexibility index (Phi) is 3.15. The Hall–Kier alpha value is -1.97. The van der Waals surface area contributed by atoms with Crippen molar-refractivity contribution >= 4 is 23.0 Å². The van der Waals surface area contributed by atoms with Crippen LogP contribution in [0.3, 0.4) is 0 Å². The smallest absolute Gasteiger partial charge is 0.224 e. The Balaban J connectivity index is 1.82. The van der Waals surface area contributed by atoms with Gasteiger partial charge in [0.25, 0.3) is 0 Å². The summed E-state index contributed by atoms with van der Waals surface area (Å²) in [6.45, 7) is 0. The fraction of sp³-hybridized carbons (Fsp3) is 0.400. The third kappa shape index (κ3) is 2.57. The lowest BCUT2D eigenvalue weighted by Crippen LogP contribution is -2.23. The molecule has 1 aliphatic carbocycles. The molecule has 0 saturated carbocycles. The minimum atomic E-state index is 0.0741. The molecule has 1 amide bonds. The molecule has 1 heterocycles. The zero-order valence-corrected chi connectivity index (χ0v) is 10.9. The van der Waals surface area contributed by atoms with Gasteiger partial charge in [0.1, 0.15) is 0 Å². The van der Waals surface area contributed by atoms with Crippen molar-refractivity contribution in [3.8, 4) is 0 Å². The van der Waals surface area contributed by atoms with E-state index < -0.39 is 0 Å². The Morgan fingerprint density at radius 2 is 2.16 bits per heavy atom. The SMILES string of the molecule is Nc1cc2c(cc1NC1CC=CCC1)CCC(=O)N2. The number of hydrogen-bond acceptors (Lipinski definition) is 3. The summed E-state index contributed by atoms with van der Waals surface area (Å²) in [6, 6.07) is 4.42. The Morgan fingerprint density at radius 1 is 1.26 bits per heavy atom. The zero-order valence-electron chi connectivity index (χ0n) is 10.9. The van der Waals surface area contributed by atoms with Crippen molar-refractivity contribution in [1.29, 1.82) is 0 Å². The topological polar surface area (TPSA) is 67.1 Å². The number of amides is 1. The van der Waals surface area contributed by atoms with Crippen LogP contribution in [0.1, 0.15) is 31.2 Å². The van der Waals surface area contributed by atoms with Crippen molar-refractivity contribution in [2.75, 3.05) is 16.4 Å². The van der Waals surface area contributed by atoms with Gasteiger partial charge in [-0.3, -0.25) is 4.79 Å². The molecular weight excluding hydrogens is 238 g/mol. The second-order valence-corrected chi connectivity index (χ2v) is 5.27. The van der Waals surface area contributed by atoms with Crippen molar-refractivity contribution < 1.29 is 4.79 Å². The van der Waals surface area contributed by atoms with Crippen LogP contribution in [-0.2, 0) is 11.2 Å². The van der Waals surface area contributed by atoms with E-state index in [9.17, 15) is 4.79 Å². The minimum absolute atomic E-state index is 0.0741. The van der Waals surface area contributed by atoms with Crippen LogP contribution in [0.15, 0.2) is 24.3 Å². The molecule has 2 aliphatic rings. The monoisotopic (exact) mass is 257 g/mol. The van der Waals surface area contributed by atoms with Crippen molar-refractivity contribution in [1.82, 2.24) is 0 Å². The number of allylic oxidation sites excluding steroid dienone is 1. The maximum absolute atomic E-state index is 11.4. The van der Waals surface area contributed by atoms with E-state index >= 15 is 0 Å². The highest BCUT2D eigenvalue weighted by atomic mass is 16.1. The summed E-state index contributed by atoms with van der Waals surface area (Å²) in [4.78, 5) is 11.4. The molecule has 1 aromatic carbocycles. The number of carbonyl (C=O) groups excluding carboxylic acids is 1. The van der Waals surface area contributed by atoms with Crippen molar-refractivity contribution in [2.24, 2.45) is 0 Å². The average Bonchev–Trinajstić information content (AvgIpc) is 2.41. The summed E-state index contributed by atoms with van der Waals surface area (Å²) in [5.74, 6) is 0.0741. The third-order valence-electron chi connectivity index (χ3n) is 3.80. The molecule has 0 fully saturated rings. The number of benzene rings is 1. The molecule has 0 saturated heterocycles. The van der Waals surface area contributed by atoms with Gasteiger partial charge >= 0.3 is 0 Å². The third-order valence-corrected chi connectivity index (χ3v) is 3.80. The molecule has 0 spiro atoms. The number of hydrogen-bond donors (Lipinski definition) is 3. The number of nitrogen functional groups attached to an aromatic ring is 1. The summed E-state index contributed by atoms with van der Waals surface area (Å²) in [5.41, 5.74) is 9.81. The van der Waals surface area contributed by atoms with Gasteiger partial charge in [0.2, 0.25) is 5.91 Å². The van der Waals surface area contributed by atoms with Crippen LogP contribution in [0.2, 0.25) is 0 Å². The molecule has 0 radical (unpaired) electrons. The predicted molar refractivity (Wildman–Crippen MR) is 78.2 cm³/mol. The average molecular weight is 257 g/mol. The normalized spacial score (nSPS) is 21.7. The Morgan fingerprint density at radius 3 is 2.95 bits per heavy atom. The van der Waals surface area contributed by atoms with Crippen LogP contribution in [0.5, 0.6) is 0 Å². The molecule has 4 N–H and O–H groups in total. The van der Waals surface area contributed by atoms with Gasteiger partial charge in [-0.15, -0.1) is 0 Å². The molecule has 0 aromatic heterocycles. The first-order valence-electron chi connectivity index (χ1n) is 6.86. The predicted octanol–water partition coefficient (Wildman–Crippen LogP) is 2.67. The molecule has 4 heteroatoms. The van der Waals surface area contributed by atoms with E-state index in [1.165, 1.54) is 5.56 Å². The maximum Gasteiger partial charge on any atom is 0.224 e. The van der Waals surface area contributed by atoms with Crippen LogP contribution < -0.4 is 16.4 Å². The standard InChI is InChI=1S/C15H19N3O/c16-12-9-13-10(6-7-15(19)18-13)8-14(12)17-11-4-2-1-3-5-11/h1-2,8-9,11,17H,3-7,16H2,(H,18,19). The van der Waals surface area contributed by atoms with E-state index in [1.54, 1.807) is 0 Å². The van der Waals surface area contributed by atoms with E-state index in [0.717, 1.165) is 37.1 Å². The fourth-order valence-electron chi connectivity index (χ4n) is 2.71. The first kappa shape index (κ1) is 12.1. The first-order valence-corrected chi connectivity index (χ1v) is 6.86. The number of nitrogens with two attached hydrogens (primary N) is 1. The molecule has 1 atom stereocenters. The summed E-state index contributed by atoms with van der Waals surface area (Å²) >= 11 is 0. The van der Waals surface area contributed by atoms with Crippen LogP contribution in [-0.4, -0.2) is 11.9 Å². The van der Waals surface area contributed by atoms with Gasteiger partial charge in [-0.25, -0.2) is 0 Å². The summed E-state index contributed by atoms with van der Waals surface area (Å²) < 4.78 is 0. The van der Waals surface area contributed by atoms with Gasteiger partial charge in [0, 0.05) is 18.2 Å². The largest absolute Gasteiger partial charge is 0.397 e. The van der Waals surface area contributed by atoms with Crippen LogP contribution >= 0.6 is 0 Å². The van der Waals surface area contributed by atoms with E-state index in [4.69, 9.17) is 5.73 Å². The van der Waals surface area contributed by atoms with E-state index in [2.05, 4.69) is 28.9 Å². The highest BCUT2D eigenvalue weighted by molar-refractivity contribution is 5.95. The second kappa shape index (κ2) is 4.96. The van der Waals surface area contributed by atoms with Gasteiger partial charge in [-0.05, 0) is 43.4 Å². The molecule has 1 aromatic rings. The molecule has 100 valence electrons. The molecule has 1 unspecified atom stereocenters. The van der Waals surface area contributed by atoms with Gasteiger partial charge in [0.15, 0.2) is 0 Å². The lowest BCUT2D eigenvalue weighted by molar-refractivity contribution is -0.116. The van der Waals surface area contributed by atoms with Crippen LogP contribution in [0, 0.1) is 0 Å². The molecule has 1 aliphatic heterocycles. The summed E-state index contributed by atoms with van der Waals surface area (Å²) in [5, 5.41) is 6.40. The molecule has 4 nitrogen and oxygen atoms in total. The Bertz CT molecular complexity index is 536. The molecule has 19 heavy (non-hydrogen) atoms. The Labute approximate surface area is 113 Å². The number of fused-ring (bicyclic) bond motifs is 1. The van der Waals surface area contributed by atoms with Crippen LogP contribution in [0.25, 0.3) is 0 Å². The zero-order chi connectivity index (χ0) is 13.2. The van der Waals surface area contributed by atoms with Gasteiger partial charge in [0.05, 0.1) is 11.4 Å². The van der Waals surface area contributed by atoms with E-state index in [-0.39, 0.29) is 5.91 Å². The maximum atomic E-state index is 11.4. The fourth-order valence-corrected chi connectivity index (χ4v) is 2.71. The van der Waals surface area contributed by atoms with E-state index in [0.29, 0.717) is 18.2 Å². The molecular formula is C15H19N3O. The summed E-state index contributed by atoms with van der Waals surface area (Å²) in [6.07, 6.45) is 9.11. The number of rotatable bonds is 2. The number of nitrogens with one attached hydrogen (secondary N) is 2. The molecule has 0 bridgehead atoms. The van der Waals surface area contributed by atoms with Crippen LogP contribution in [0.4, 0.5) is 17.1 Å². The molecule has 3 rings (SSSR count). The highest BCUT2D eigenvalue weighted by Crippen LogP contribution is 2.32. The highest BCUT2D eigenvalue weighted by Gasteiger charge is 2.18. The number of carbonyl (C=O) groups is 1. The quantitative estimate of drug-likeness (QED) is 0.563. The van der Waals surface area contributed by atoms with Crippen molar-refractivity contribution in [2.45, 2.75) is 38.1 Å².